The number of nitrogens with zero attached hydrogens (tertiary/aromatic N) is 3. The summed E-state index contributed by atoms with van der Waals surface area (Å²) < 4.78 is 5.55. The van der Waals surface area contributed by atoms with Gasteiger partial charge in [0.25, 0.3) is 5.91 Å². The number of carbonyl (C=O) groups excluding carboxylic acids is 1. The largest absolute Gasteiger partial charge is 0.491 e. The van der Waals surface area contributed by atoms with Crippen molar-refractivity contribution in [1.29, 1.82) is 0 Å². The van der Waals surface area contributed by atoms with E-state index in [1.165, 1.54) is 5.69 Å². The molecule has 0 aliphatic carbocycles. The van der Waals surface area contributed by atoms with Crippen molar-refractivity contribution in [2.45, 2.75) is 25.8 Å². The summed E-state index contributed by atoms with van der Waals surface area (Å²) in [6, 6.07) is 14.4. The Labute approximate surface area is 149 Å². The molecule has 2 heterocycles. The minimum atomic E-state index is -0.0372. The summed E-state index contributed by atoms with van der Waals surface area (Å²) in [5.41, 5.74) is 1.63. The molecular weight excluding hydrogens is 314 g/mol. The van der Waals surface area contributed by atoms with Crippen molar-refractivity contribution in [1.82, 2.24) is 9.88 Å². The quantitative estimate of drug-likeness (QED) is 0.839. The van der Waals surface area contributed by atoms with Crippen LogP contribution in [0.1, 0.15) is 30.3 Å². The molecule has 0 bridgehead atoms. The lowest BCUT2D eigenvalue weighted by Crippen LogP contribution is -2.46. The van der Waals surface area contributed by atoms with E-state index in [1.54, 1.807) is 18.3 Å². The normalized spacial score (nSPS) is 15.0. The van der Waals surface area contributed by atoms with Crippen LogP contribution >= 0.6 is 0 Å². The van der Waals surface area contributed by atoms with Crippen LogP contribution < -0.4 is 9.64 Å². The van der Waals surface area contributed by atoms with Crippen LogP contribution in [0.15, 0.2) is 48.7 Å². The van der Waals surface area contributed by atoms with Crippen LogP contribution in [0, 0.1) is 0 Å². The molecule has 1 fully saturated rings. The fourth-order valence-corrected chi connectivity index (χ4v) is 3.30. The molecule has 3 rings (SSSR count). The van der Waals surface area contributed by atoms with Gasteiger partial charge < -0.3 is 14.5 Å². The maximum atomic E-state index is 12.8. The van der Waals surface area contributed by atoms with Crippen molar-refractivity contribution >= 4 is 11.6 Å². The average Bonchev–Trinajstić information content (AvgIpc) is 2.68. The number of para-hydroxylation sites is 1. The van der Waals surface area contributed by atoms with Crippen LogP contribution in [0.25, 0.3) is 0 Å². The fraction of sp³-hybridized carbons (Fsp3) is 0.400. The molecule has 1 aromatic carbocycles. The molecule has 132 valence electrons. The molecule has 1 aliphatic rings. The SMILES string of the molecule is CCOc1cccnc1C(=O)N1CCC(N(C)c2ccccc2)CC1. The van der Waals surface area contributed by atoms with Crippen molar-refractivity contribution in [3.05, 3.63) is 54.4 Å². The molecular formula is C20H25N3O2. The Hall–Kier alpha value is -2.56. The minimum absolute atomic E-state index is 0.0372. The number of ether oxygens (including phenoxy) is 1. The number of benzene rings is 1. The fourth-order valence-electron chi connectivity index (χ4n) is 3.30. The number of hydrogen-bond acceptors (Lipinski definition) is 4. The molecule has 5 heteroatoms. The van der Waals surface area contributed by atoms with E-state index in [2.05, 4.69) is 41.2 Å². The zero-order chi connectivity index (χ0) is 17.6. The highest BCUT2D eigenvalue weighted by molar-refractivity contribution is 5.95. The average molecular weight is 339 g/mol. The summed E-state index contributed by atoms with van der Waals surface area (Å²) in [6.45, 7) is 3.91. The molecule has 0 radical (unpaired) electrons. The predicted octanol–water partition coefficient (Wildman–Crippen LogP) is 3.22. The number of hydrogen-bond donors (Lipinski definition) is 0. The number of rotatable bonds is 5. The minimum Gasteiger partial charge on any atom is -0.491 e. The first kappa shape index (κ1) is 17.3. The van der Waals surface area contributed by atoms with Crippen molar-refractivity contribution in [2.24, 2.45) is 0 Å². The Balaban J connectivity index is 1.63. The van der Waals surface area contributed by atoms with Gasteiger partial charge in [-0.1, -0.05) is 18.2 Å². The van der Waals surface area contributed by atoms with Gasteiger partial charge in [-0.05, 0) is 44.0 Å². The summed E-state index contributed by atoms with van der Waals surface area (Å²) >= 11 is 0. The van der Waals surface area contributed by atoms with Crippen LogP contribution in [0.2, 0.25) is 0 Å². The molecule has 1 amide bonds. The Kier molecular flexibility index (Phi) is 5.53. The monoisotopic (exact) mass is 339 g/mol. The summed E-state index contributed by atoms with van der Waals surface area (Å²) in [6.07, 6.45) is 3.55. The van der Waals surface area contributed by atoms with Crippen LogP contribution in [0.4, 0.5) is 5.69 Å². The standard InChI is InChI=1S/C20H25N3O2/c1-3-25-18-10-7-13-21-19(18)20(24)23-14-11-17(12-15-23)22(2)16-8-5-4-6-9-16/h4-10,13,17H,3,11-12,14-15H2,1-2H3. The molecule has 1 saturated heterocycles. The number of piperidine rings is 1. The van der Waals surface area contributed by atoms with E-state index in [4.69, 9.17) is 4.74 Å². The van der Waals surface area contributed by atoms with E-state index in [0.717, 1.165) is 25.9 Å². The maximum Gasteiger partial charge on any atom is 0.276 e. The number of amides is 1. The Morgan fingerprint density at radius 2 is 1.92 bits per heavy atom. The predicted molar refractivity (Wildman–Crippen MR) is 99.2 cm³/mol. The lowest BCUT2D eigenvalue weighted by Gasteiger charge is -2.37. The van der Waals surface area contributed by atoms with Gasteiger partial charge in [-0.2, -0.15) is 0 Å². The van der Waals surface area contributed by atoms with Gasteiger partial charge in [0, 0.05) is 38.1 Å². The topological polar surface area (TPSA) is 45.7 Å². The van der Waals surface area contributed by atoms with Gasteiger partial charge in [-0.3, -0.25) is 4.79 Å². The van der Waals surface area contributed by atoms with Crippen LogP contribution in [-0.2, 0) is 0 Å². The van der Waals surface area contributed by atoms with E-state index in [0.29, 0.717) is 24.1 Å². The van der Waals surface area contributed by atoms with E-state index in [1.807, 2.05) is 17.9 Å². The lowest BCUT2D eigenvalue weighted by atomic mass is 10.0. The number of pyridine rings is 1. The summed E-state index contributed by atoms with van der Waals surface area (Å²) in [7, 11) is 2.13. The van der Waals surface area contributed by atoms with Gasteiger partial charge >= 0.3 is 0 Å². The highest BCUT2D eigenvalue weighted by Gasteiger charge is 2.28. The Bertz CT molecular complexity index is 697. The summed E-state index contributed by atoms with van der Waals surface area (Å²) in [4.78, 5) is 21.3. The van der Waals surface area contributed by atoms with Crippen molar-refractivity contribution < 1.29 is 9.53 Å². The molecule has 1 aromatic heterocycles. The van der Waals surface area contributed by atoms with Gasteiger partial charge in [-0.25, -0.2) is 4.98 Å². The van der Waals surface area contributed by atoms with Gasteiger partial charge in [0.1, 0.15) is 0 Å². The highest BCUT2D eigenvalue weighted by atomic mass is 16.5. The Morgan fingerprint density at radius 3 is 2.60 bits per heavy atom. The van der Waals surface area contributed by atoms with Gasteiger partial charge in [0.15, 0.2) is 11.4 Å². The number of anilines is 1. The first-order chi connectivity index (χ1) is 12.2. The maximum absolute atomic E-state index is 12.8. The van der Waals surface area contributed by atoms with Gasteiger partial charge in [-0.15, -0.1) is 0 Å². The van der Waals surface area contributed by atoms with E-state index in [9.17, 15) is 4.79 Å². The molecule has 0 unspecified atom stereocenters. The molecule has 25 heavy (non-hydrogen) atoms. The molecule has 0 saturated carbocycles. The summed E-state index contributed by atoms with van der Waals surface area (Å²) in [5, 5.41) is 0. The molecule has 0 spiro atoms. The second-order valence-corrected chi connectivity index (χ2v) is 6.25. The second kappa shape index (κ2) is 8.01. The number of likely N-dealkylation sites (tertiary alicyclic amines) is 1. The van der Waals surface area contributed by atoms with Crippen molar-refractivity contribution in [3.63, 3.8) is 0 Å². The molecule has 0 N–H and O–H groups in total. The zero-order valence-electron chi connectivity index (χ0n) is 14.9. The van der Waals surface area contributed by atoms with E-state index < -0.39 is 0 Å². The zero-order valence-corrected chi connectivity index (χ0v) is 14.9. The number of aromatic nitrogens is 1. The van der Waals surface area contributed by atoms with Gasteiger partial charge in [0.05, 0.1) is 6.61 Å². The molecule has 1 aliphatic heterocycles. The third-order valence-corrected chi connectivity index (χ3v) is 4.74. The van der Waals surface area contributed by atoms with E-state index >= 15 is 0 Å². The molecule has 0 atom stereocenters. The van der Waals surface area contributed by atoms with Crippen molar-refractivity contribution in [3.8, 4) is 5.75 Å². The van der Waals surface area contributed by atoms with E-state index in [-0.39, 0.29) is 5.91 Å². The van der Waals surface area contributed by atoms with Gasteiger partial charge in [0.2, 0.25) is 0 Å². The van der Waals surface area contributed by atoms with Crippen LogP contribution in [0.5, 0.6) is 5.75 Å². The summed E-state index contributed by atoms with van der Waals surface area (Å²) in [5.74, 6) is 0.531. The van der Waals surface area contributed by atoms with Crippen LogP contribution in [-0.4, -0.2) is 48.6 Å². The third kappa shape index (κ3) is 3.92. The molecule has 5 nitrogen and oxygen atoms in total. The second-order valence-electron chi connectivity index (χ2n) is 6.25. The first-order valence-electron chi connectivity index (χ1n) is 8.85. The number of carbonyl (C=O) groups is 1. The lowest BCUT2D eigenvalue weighted by molar-refractivity contribution is 0.0702. The van der Waals surface area contributed by atoms with Crippen LogP contribution in [0.3, 0.4) is 0 Å². The Morgan fingerprint density at radius 1 is 1.20 bits per heavy atom. The smallest absolute Gasteiger partial charge is 0.276 e. The molecule has 2 aromatic rings. The third-order valence-electron chi connectivity index (χ3n) is 4.74. The highest BCUT2D eigenvalue weighted by Crippen LogP contribution is 2.24. The van der Waals surface area contributed by atoms with Crippen molar-refractivity contribution in [2.75, 3.05) is 31.6 Å². The first-order valence-corrected chi connectivity index (χ1v) is 8.85.